The molecule has 5 heteroatoms. The summed E-state index contributed by atoms with van der Waals surface area (Å²) < 4.78 is 18.0. The first-order chi connectivity index (χ1) is 11.0. The van der Waals surface area contributed by atoms with Crippen LogP contribution in [0.4, 0.5) is 0 Å². The second-order valence-electron chi connectivity index (χ2n) is 9.44. The van der Waals surface area contributed by atoms with Gasteiger partial charge < -0.3 is 19.0 Å². The lowest BCUT2D eigenvalue weighted by atomic mass is 9.64. The summed E-state index contributed by atoms with van der Waals surface area (Å²) in [5.41, 5.74) is -0.298. The van der Waals surface area contributed by atoms with E-state index in [1.165, 1.54) is 0 Å². The van der Waals surface area contributed by atoms with E-state index in [1.54, 1.807) is 0 Å². The summed E-state index contributed by atoms with van der Waals surface area (Å²) in [6.45, 7) is 15.4. The first-order valence-electron chi connectivity index (χ1n) is 9.20. The largest absolute Gasteiger partial charge is 0.432 e. The third-order valence-electron chi connectivity index (χ3n) is 7.23. The van der Waals surface area contributed by atoms with Crippen LogP contribution in [0.3, 0.4) is 0 Å². The number of hydrogen-bond acceptors (Lipinski definition) is 4. The Bertz CT molecular complexity index is 508. The SMILES string of the molecule is C=CC1OC1(C)[C@H]1[C@H](OC)[C@H](CC(C)(C)[Si](C)(C)O)CC[C@]12CO2. The van der Waals surface area contributed by atoms with Crippen LogP contribution in [0.2, 0.25) is 18.1 Å². The lowest BCUT2D eigenvalue weighted by molar-refractivity contribution is -0.0865. The summed E-state index contributed by atoms with van der Waals surface area (Å²) in [5.74, 6) is 0.659. The molecule has 3 aliphatic rings. The average molecular weight is 355 g/mol. The molecule has 3 fully saturated rings. The van der Waals surface area contributed by atoms with Gasteiger partial charge in [-0.05, 0) is 50.2 Å². The number of epoxide rings is 2. The van der Waals surface area contributed by atoms with Crippen molar-refractivity contribution in [1.82, 2.24) is 0 Å². The summed E-state index contributed by atoms with van der Waals surface area (Å²) in [6.07, 6.45) is 5.25. The smallest absolute Gasteiger partial charge is 0.188 e. The van der Waals surface area contributed by atoms with Gasteiger partial charge in [0.25, 0.3) is 0 Å². The van der Waals surface area contributed by atoms with Crippen LogP contribution in [-0.2, 0) is 14.2 Å². The van der Waals surface area contributed by atoms with Crippen LogP contribution < -0.4 is 0 Å². The monoisotopic (exact) mass is 354 g/mol. The third kappa shape index (κ3) is 2.82. The topological polar surface area (TPSA) is 54.5 Å². The molecule has 0 bridgehead atoms. The van der Waals surface area contributed by atoms with Crippen LogP contribution in [0.5, 0.6) is 0 Å². The van der Waals surface area contributed by atoms with Gasteiger partial charge in [-0.15, -0.1) is 6.58 Å². The Kier molecular flexibility index (Phi) is 4.37. The van der Waals surface area contributed by atoms with Gasteiger partial charge in [-0.25, -0.2) is 0 Å². The van der Waals surface area contributed by atoms with Crippen LogP contribution in [0.25, 0.3) is 0 Å². The molecule has 6 atom stereocenters. The first-order valence-corrected chi connectivity index (χ1v) is 12.1. The van der Waals surface area contributed by atoms with E-state index in [9.17, 15) is 4.80 Å². The number of hydrogen-bond donors (Lipinski definition) is 1. The molecule has 1 aliphatic carbocycles. The van der Waals surface area contributed by atoms with E-state index < -0.39 is 8.32 Å². The molecule has 24 heavy (non-hydrogen) atoms. The lowest BCUT2D eigenvalue weighted by Crippen LogP contribution is -2.53. The molecular formula is C19H34O4Si. The Hall–Kier alpha value is -0.203. The van der Waals surface area contributed by atoms with Crippen molar-refractivity contribution in [3.05, 3.63) is 12.7 Å². The zero-order valence-corrected chi connectivity index (χ0v) is 17.1. The highest BCUT2D eigenvalue weighted by Gasteiger charge is 2.71. The van der Waals surface area contributed by atoms with Crippen molar-refractivity contribution in [3.63, 3.8) is 0 Å². The summed E-state index contributed by atoms with van der Waals surface area (Å²) in [6, 6.07) is 0. The molecule has 2 aliphatic heterocycles. The molecule has 0 aromatic heterocycles. The van der Waals surface area contributed by atoms with Gasteiger partial charge in [0.2, 0.25) is 0 Å². The summed E-state index contributed by atoms with van der Waals surface area (Å²) in [5, 5.41) is -0.0446. The van der Waals surface area contributed by atoms with Crippen LogP contribution in [0, 0.1) is 11.8 Å². The second-order valence-corrected chi connectivity index (χ2v) is 13.9. The Morgan fingerprint density at radius 2 is 2.04 bits per heavy atom. The van der Waals surface area contributed by atoms with Crippen molar-refractivity contribution in [3.8, 4) is 0 Å². The third-order valence-corrected chi connectivity index (χ3v) is 10.8. The molecule has 4 nitrogen and oxygen atoms in total. The van der Waals surface area contributed by atoms with Crippen LogP contribution in [-0.4, -0.2) is 50.2 Å². The molecule has 2 saturated heterocycles. The lowest BCUT2D eigenvalue weighted by Gasteiger charge is -2.47. The maximum Gasteiger partial charge on any atom is 0.188 e. The number of rotatable bonds is 6. The predicted molar refractivity (Wildman–Crippen MR) is 97.5 cm³/mol. The van der Waals surface area contributed by atoms with Crippen LogP contribution in [0.15, 0.2) is 12.7 Å². The summed E-state index contributed by atoms with van der Waals surface area (Å²) >= 11 is 0. The Morgan fingerprint density at radius 1 is 1.42 bits per heavy atom. The van der Waals surface area contributed by atoms with E-state index >= 15 is 0 Å². The minimum atomic E-state index is -2.24. The predicted octanol–water partition coefficient (Wildman–Crippen LogP) is 3.51. The van der Waals surface area contributed by atoms with Crippen molar-refractivity contribution >= 4 is 8.32 Å². The second kappa shape index (κ2) is 5.65. The van der Waals surface area contributed by atoms with E-state index in [0.717, 1.165) is 25.9 Å². The summed E-state index contributed by atoms with van der Waals surface area (Å²) in [4.78, 5) is 10.7. The maximum atomic E-state index is 10.7. The zero-order chi connectivity index (χ0) is 18.0. The molecule has 0 radical (unpaired) electrons. The van der Waals surface area contributed by atoms with Gasteiger partial charge in [0.15, 0.2) is 8.32 Å². The number of ether oxygens (including phenoxy) is 3. The molecule has 1 saturated carbocycles. The molecule has 1 spiro atoms. The van der Waals surface area contributed by atoms with Gasteiger partial charge in [0.1, 0.15) is 11.7 Å². The maximum absolute atomic E-state index is 10.7. The first kappa shape index (κ1) is 18.6. The number of methoxy groups -OCH3 is 1. The molecule has 0 aromatic rings. The van der Waals surface area contributed by atoms with Crippen molar-refractivity contribution < 1.29 is 19.0 Å². The minimum Gasteiger partial charge on any atom is -0.432 e. The van der Waals surface area contributed by atoms with Crippen molar-refractivity contribution in [2.24, 2.45) is 11.8 Å². The fourth-order valence-corrected chi connectivity index (χ4v) is 5.57. The quantitative estimate of drug-likeness (QED) is 0.450. The molecular weight excluding hydrogens is 320 g/mol. The van der Waals surface area contributed by atoms with E-state index in [0.29, 0.717) is 5.92 Å². The molecule has 1 N–H and O–H groups in total. The molecule has 2 heterocycles. The Morgan fingerprint density at radius 3 is 2.46 bits per heavy atom. The highest BCUT2D eigenvalue weighted by Crippen LogP contribution is 2.61. The summed E-state index contributed by atoms with van der Waals surface area (Å²) in [7, 11) is -0.423. The fourth-order valence-electron chi connectivity index (χ4n) is 4.81. The Labute approximate surface area is 147 Å². The van der Waals surface area contributed by atoms with Gasteiger partial charge in [0.05, 0.1) is 18.3 Å². The van der Waals surface area contributed by atoms with Crippen molar-refractivity contribution in [2.75, 3.05) is 13.7 Å². The normalized spacial score (nSPS) is 45.3. The van der Waals surface area contributed by atoms with Gasteiger partial charge >= 0.3 is 0 Å². The molecule has 0 amide bonds. The van der Waals surface area contributed by atoms with Gasteiger partial charge in [0, 0.05) is 13.0 Å². The fraction of sp³-hybridized carbons (Fsp3) is 0.895. The van der Waals surface area contributed by atoms with E-state index in [2.05, 4.69) is 27.4 Å². The molecule has 138 valence electrons. The van der Waals surface area contributed by atoms with Crippen LogP contribution >= 0.6 is 0 Å². The molecule has 2 unspecified atom stereocenters. The van der Waals surface area contributed by atoms with Gasteiger partial charge in [-0.3, -0.25) is 0 Å². The highest BCUT2D eigenvalue weighted by atomic mass is 28.4. The standard InChI is InChI=1S/C19H34O4Si/c1-8-14-18(4,23-14)16-15(21-5)13(9-10-19(16)12-22-19)11-17(2,3)24(6,7)20/h8,13-16,20H,1,9-12H2,2-7H3/t13-,14?,15+,16+,18?,19-/m0/s1. The minimum absolute atomic E-state index is 0.0446. The van der Waals surface area contributed by atoms with Gasteiger partial charge in [-0.1, -0.05) is 19.9 Å². The van der Waals surface area contributed by atoms with E-state index in [1.807, 2.05) is 26.3 Å². The van der Waals surface area contributed by atoms with Crippen LogP contribution in [0.1, 0.15) is 40.0 Å². The van der Waals surface area contributed by atoms with Crippen molar-refractivity contribution in [2.45, 2.75) is 81.6 Å². The van der Waals surface area contributed by atoms with Crippen molar-refractivity contribution in [1.29, 1.82) is 0 Å². The van der Waals surface area contributed by atoms with Gasteiger partial charge in [-0.2, -0.15) is 0 Å². The zero-order valence-electron chi connectivity index (χ0n) is 16.1. The Balaban J connectivity index is 1.84. The van der Waals surface area contributed by atoms with E-state index in [4.69, 9.17) is 14.2 Å². The molecule has 3 rings (SSSR count). The van der Waals surface area contributed by atoms with E-state index in [-0.39, 0.29) is 34.4 Å². The highest BCUT2D eigenvalue weighted by molar-refractivity contribution is 6.72. The average Bonchev–Trinajstić information content (AvgIpc) is 3.37. The molecule has 0 aromatic carbocycles.